The Hall–Kier alpha value is -0.890. The molecule has 2 rings (SSSR count). The van der Waals surface area contributed by atoms with Gasteiger partial charge in [0.15, 0.2) is 0 Å². The van der Waals surface area contributed by atoms with E-state index in [-0.39, 0.29) is 0 Å². The molecule has 16 heavy (non-hydrogen) atoms. The van der Waals surface area contributed by atoms with Crippen LogP contribution in [0.25, 0.3) is 0 Å². The van der Waals surface area contributed by atoms with E-state index in [0.717, 1.165) is 36.3 Å². The molecule has 1 saturated carbocycles. The van der Waals surface area contributed by atoms with E-state index in [1.165, 1.54) is 0 Å². The topological polar surface area (TPSA) is 33.1 Å². The van der Waals surface area contributed by atoms with Crippen molar-refractivity contribution in [1.82, 2.24) is 4.98 Å². The molecule has 1 aliphatic carbocycles. The molecule has 0 saturated heterocycles. The lowest BCUT2D eigenvalue weighted by molar-refractivity contribution is -0.0343. The van der Waals surface area contributed by atoms with Gasteiger partial charge in [-0.2, -0.15) is 0 Å². The van der Waals surface area contributed by atoms with Crippen molar-refractivity contribution in [3.63, 3.8) is 0 Å². The van der Waals surface area contributed by atoms with Crippen LogP contribution in [0.15, 0.2) is 18.5 Å². The summed E-state index contributed by atoms with van der Waals surface area (Å²) in [6.07, 6.45) is 6.45. The van der Waals surface area contributed by atoms with Crippen molar-refractivity contribution in [2.75, 3.05) is 0 Å². The normalized spacial score (nSPS) is 35.0. The summed E-state index contributed by atoms with van der Waals surface area (Å²) in [6.45, 7) is 6.57. The van der Waals surface area contributed by atoms with Crippen LogP contribution in [-0.2, 0) is 5.60 Å². The molecule has 0 aromatic carbocycles. The van der Waals surface area contributed by atoms with Crippen LogP contribution < -0.4 is 0 Å². The lowest BCUT2D eigenvalue weighted by Gasteiger charge is -2.39. The Morgan fingerprint density at radius 3 is 2.75 bits per heavy atom. The van der Waals surface area contributed by atoms with E-state index in [4.69, 9.17) is 0 Å². The molecule has 3 unspecified atom stereocenters. The van der Waals surface area contributed by atoms with Crippen LogP contribution in [0.4, 0.5) is 0 Å². The Bertz CT molecular complexity index is 377. The number of hydrogen-bond acceptors (Lipinski definition) is 2. The lowest BCUT2D eigenvalue weighted by Crippen LogP contribution is -2.36. The summed E-state index contributed by atoms with van der Waals surface area (Å²) >= 11 is 0. The molecule has 0 bridgehead atoms. The van der Waals surface area contributed by atoms with E-state index in [9.17, 15) is 5.11 Å². The zero-order valence-electron chi connectivity index (χ0n) is 10.4. The van der Waals surface area contributed by atoms with Gasteiger partial charge < -0.3 is 5.11 Å². The van der Waals surface area contributed by atoms with Crippen LogP contribution in [0.1, 0.15) is 44.2 Å². The molecule has 1 fully saturated rings. The zero-order valence-corrected chi connectivity index (χ0v) is 10.4. The van der Waals surface area contributed by atoms with Gasteiger partial charge in [-0.3, -0.25) is 4.98 Å². The molecule has 1 N–H and O–H groups in total. The summed E-state index contributed by atoms with van der Waals surface area (Å²) in [6, 6.07) is 1.98. The monoisotopic (exact) mass is 219 g/mol. The van der Waals surface area contributed by atoms with Crippen molar-refractivity contribution < 1.29 is 5.11 Å². The first-order valence-electron chi connectivity index (χ1n) is 6.16. The summed E-state index contributed by atoms with van der Waals surface area (Å²) < 4.78 is 0. The zero-order chi connectivity index (χ0) is 11.8. The quantitative estimate of drug-likeness (QED) is 0.787. The summed E-state index contributed by atoms with van der Waals surface area (Å²) in [5.74, 6) is 1.30. The van der Waals surface area contributed by atoms with Gasteiger partial charge in [0, 0.05) is 18.0 Å². The van der Waals surface area contributed by atoms with E-state index in [1.54, 1.807) is 6.20 Å². The fourth-order valence-corrected chi connectivity index (χ4v) is 2.78. The summed E-state index contributed by atoms with van der Waals surface area (Å²) in [4.78, 5) is 4.15. The summed E-state index contributed by atoms with van der Waals surface area (Å²) in [7, 11) is 0. The van der Waals surface area contributed by atoms with Gasteiger partial charge in [-0.15, -0.1) is 0 Å². The van der Waals surface area contributed by atoms with Crippen LogP contribution in [0.3, 0.4) is 0 Å². The molecular weight excluding hydrogens is 198 g/mol. The summed E-state index contributed by atoms with van der Waals surface area (Å²) in [5.41, 5.74) is 1.53. The van der Waals surface area contributed by atoms with Gasteiger partial charge in [0.25, 0.3) is 0 Å². The average molecular weight is 219 g/mol. The molecule has 3 atom stereocenters. The second-order valence-electron chi connectivity index (χ2n) is 5.42. The standard InChI is InChI=1S/C14H21NO/c1-10-4-6-14(16,8-12(10)3)13-9-15-7-5-11(13)2/h5,7,9-10,12,16H,4,6,8H2,1-3H3. The van der Waals surface area contributed by atoms with Gasteiger partial charge in [-0.05, 0) is 49.7 Å². The van der Waals surface area contributed by atoms with E-state index >= 15 is 0 Å². The molecule has 0 spiro atoms. The third kappa shape index (κ3) is 1.99. The predicted octanol–water partition coefficient (Wildman–Crippen LogP) is 3.03. The summed E-state index contributed by atoms with van der Waals surface area (Å²) in [5, 5.41) is 10.8. The fourth-order valence-electron chi connectivity index (χ4n) is 2.78. The van der Waals surface area contributed by atoms with E-state index in [0.29, 0.717) is 5.92 Å². The van der Waals surface area contributed by atoms with Crippen molar-refractivity contribution in [3.05, 3.63) is 29.6 Å². The number of aliphatic hydroxyl groups is 1. The minimum atomic E-state index is -0.649. The number of pyridine rings is 1. The number of hydrogen-bond donors (Lipinski definition) is 1. The molecule has 1 aromatic heterocycles. The molecule has 1 heterocycles. The maximum atomic E-state index is 10.8. The van der Waals surface area contributed by atoms with Crippen LogP contribution in [-0.4, -0.2) is 10.1 Å². The Balaban J connectivity index is 2.29. The van der Waals surface area contributed by atoms with Crippen molar-refractivity contribution in [2.24, 2.45) is 11.8 Å². The molecule has 0 aliphatic heterocycles. The van der Waals surface area contributed by atoms with Crippen molar-refractivity contribution in [1.29, 1.82) is 0 Å². The van der Waals surface area contributed by atoms with Gasteiger partial charge in [-0.1, -0.05) is 13.8 Å². The highest BCUT2D eigenvalue weighted by Gasteiger charge is 2.38. The molecule has 1 aliphatic rings. The Labute approximate surface area is 97.7 Å². The van der Waals surface area contributed by atoms with Crippen LogP contribution in [0, 0.1) is 18.8 Å². The highest BCUT2D eigenvalue weighted by Crippen LogP contribution is 2.42. The molecule has 88 valence electrons. The SMILES string of the molecule is Cc1ccncc1C1(O)CCC(C)C(C)C1. The third-order valence-corrected chi connectivity index (χ3v) is 4.18. The molecule has 2 heteroatoms. The van der Waals surface area contributed by atoms with Gasteiger partial charge in [0.2, 0.25) is 0 Å². The number of rotatable bonds is 1. The second kappa shape index (κ2) is 4.17. The number of nitrogens with zero attached hydrogens (tertiary/aromatic N) is 1. The largest absolute Gasteiger partial charge is 0.385 e. The first kappa shape index (κ1) is 11.6. The second-order valence-corrected chi connectivity index (χ2v) is 5.42. The maximum absolute atomic E-state index is 10.8. The van der Waals surface area contributed by atoms with Crippen LogP contribution in [0.5, 0.6) is 0 Å². The molecular formula is C14H21NO. The van der Waals surface area contributed by atoms with Crippen molar-refractivity contribution in [2.45, 2.75) is 45.6 Å². The van der Waals surface area contributed by atoms with Crippen LogP contribution >= 0.6 is 0 Å². The average Bonchev–Trinajstić information content (AvgIpc) is 2.25. The van der Waals surface area contributed by atoms with Crippen LogP contribution in [0.2, 0.25) is 0 Å². The molecule has 0 amide bonds. The van der Waals surface area contributed by atoms with Crippen molar-refractivity contribution >= 4 is 0 Å². The highest BCUT2D eigenvalue weighted by molar-refractivity contribution is 5.28. The Morgan fingerprint density at radius 2 is 2.12 bits per heavy atom. The molecule has 0 radical (unpaired) electrons. The maximum Gasteiger partial charge on any atom is 0.0916 e. The third-order valence-electron chi connectivity index (χ3n) is 4.18. The van der Waals surface area contributed by atoms with Gasteiger partial charge >= 0.3 is 0 Å². The van der Waals surface area contributed by atoms with Gasteiger partial charge in [0.1, 0.15) is 0 Å². The van der Waals surface area contributed by atoms with Crippen molar-refractivity contribution in [3.8, 4) is 0 Å². The molecule has 2 nitrogen and oxygen atoms in total. The number of aryl methyl sites for hydroxylation is 1. The smallest absolute Gasteiger partial charge is 0.0916 e. The van der Waals surface area contributed by atoms with Gasteiger partial charge in [0.05, 0.1) is 5.60 Å². The van der Waals surface area contributed by atoms with E-state index in [2.05, 4.69) is 25.8 Å². The Morgan fingerprint density at radius 1 is 1.38 bits per heavy atom. The van der Waals surface area contributed by atoms with E-state index in [1.807, 2.05) is 12.3 Å². The van der Waals surface area contributed by atoms with E-state index < -0.39 is 5.60 Å². The lowest BCUT2D eigenvalue weighted by atomic mass is 9.70. The predicted molar refractivity (Wildman–Crippen MR) is 65.0 cm³/mol. The minimum absolute atomic E-state index is 0.582. The molecule has 1 aromatic rings. The Kier molecular flexibility index (Phi) is 3.02. The minimum Gasteiger partial charge on any atom is -0.385 e. The first-order chi connectivity index (χ1) is 7.53. The highest BCUT2D eigenvalue weighted by atomic mass is 16.3. The van der Waals surface area contributed by atoms with Gasteiger partial charge in [-0.25, -0.2) is 0 Å². The fraction of sp³-hybridized carbons (Fsp3) is 0.643. The first-order valence-corrected chi connectivity index (χ1v) is 6.16. The number of aromatic nitrogens is 1.